The lowest BCUT2D eigenvalue weighted by atomic mass is 10.1. The molecule has 2 aromatic carbocycles. The molecule has 0 saturated heterocycles. The Morgan fingerprint density at radius 1 is 0.958 bits per heavy atom. The number of aromatic nitrogens is 2. The number of nitrogens with zero attached hydrogens (tertiary/aromatic N) is 2. The number of para-hydroxylation sites is 1. The molecular formula is C19H19N3O2. The van der Waals surface area contributed by atoms with Gasteiger partial charge in [0.2, 0.25) is 5.89 Å². The zero-order valence-electron chi connectivity index (χ0n) is 13.7. The Morgan fingerprint density at radius 3 is 2.38 bits per heavy atom. The van der Waals surface area contributed by atoms with Crippen LogP contribution in [0.25, 0.3) is 0 Å². The number of hydrogen-bond donors (Lipinski definition) is 1. The third-order valence-corrected chi connectivity index (χ3v) is 3.85. The molecule has 3 rings (SSSR count). The highest BCUT2D eigenvalue weighted by Gasteiger charge is 2.16. The molecule has 0 aliphatic rings. The fraction of sp³-hybridized carbons (Fsp3) is 0.211. The van der Waals surface area contributed by atoms with Crippen LogP contribution >= 0.6 is 0 Å². The average Bonchev–Trinajstić information content (AvgIpc) is 3.06. The van der Waals surface area contributed by atoms with Gasteiger partial charge in [0.15, 0.2) is 0 Å². The van der Waals surface area contributed by atoms with Crippen molar-refractivity contribution < 1.29 is 9.21 Å². The van der Waals surface area contributed by atoms with Gasteiger partial charge in [0, 0.05) is 12.1 Å². The summed E-state index contributed by atoms with van der Waals surface area (Å²) in [5, 5.41) is 10.7. The number of benzene rings is 2. The number of nitrogens with one attached hydrogen (secondary N) is 1. The topological polar surface area (TPSA) is 68.0 Å². The van der Waals surface area contributed by atoms with E-state index < -0.39 is 0 Å². The van der Waals surface area contributed by atoms with E-state index in [1.165, 1.54) is 5.56 Å². The minimum Gasteiger partial charge on any atom is -0.417 e. The van der Waals surface area contributed by atoms with Gasteiger partial charge < -0.3 is 9.73 Å². The molecule has 5 nitrogen and oxygen atoms in total. The normalized spacial score (nSPS) is 10.6. The van der Waals surface area contributed by atoms with Crippen LogP contribution in [0.5, 0.6) is 0 Å². The summed E-state index contributed by atoms with van der Waals surface area (Å²) >= 11 is 0. The summed E-state index contributed by atoms with van der Waals surface area (Å²) in [6.07, 6.45) is 1.40. The Bertz CT molecular complexity index is 821. The fourth-order valence-electron chi connectivity index (χ4n) is 2.52. The molecule has 0 saturated carbocycles. The Labute approximate surface area is 140 Å². The Kier molecular flexibility index (Phi) is 4.70. The summed E-state index contributed by atoms with van der Waals surface area (Å²) < 4.78 is 5.48. The van der Waals surface area contributed by atoms with Gasteiger partial charge in [0.1, 0.15) is 0 Å². The van der Waals surface area contributed by atoms with E-state index in [0.29, 0.717) is 12.3 Å². The molecule has 1 amide bonds. The zero-order valence-corrected chi connectivity index (χ0v) is 13.7. The first-order valence-electron chi connectivity index (χ1n) is 7.87. The van der Waals surface area contributed by atoms with Crippen molar-refractivity contribution in [2.24, 2.45) is 0 Å². The van der Waals surface area contributed by atoms with E-state index in [4.69, 9.17) is 4.42 Å². The van der Waals surface area contributed by atoms with Gasteiger partial charge in [-0.25, -0.2) is 0 Å². The molecule has 0 spiro atoms. The number of carbonyl (C=O) groups excluding carboxylic acids is 1. The molecule has 0 aliphatic heterocycles. The number of rotatable bonds is 5. The van der Waals surface area contributed by atoms with Crippen LogP contribution < -0.4 is 5.32 Å². The second-order valence-electron chi connectivity index (χ2n) is 5.71. The number of hydrogen-bond acceptors (Lipinski definition) is 4. The molecule has 5 heteroatoms. The first-order valence-corrected chi connectivity index (χ1v) is 7.87. The third-order valence-electron chi connectivity index (χ3n) is 3.85. The lowest BCUT2D eigenvalue weighted by molar-refractivity contribution is 0.0988. The van der Waals surface area contributed by atoms with Crippen LogP contribution in [-0.2, 0) is 12.8 Å². The van der Waals surface area contributed by atoms with Gasteiger partial charge >= 0.3 is 11.8 Å². The van der Waals surface area contributed by atoms with E-state index >= 15 is 0 Å². The van der Waals surface area contributed by atoms with Gasteiger partial charge in [-0.2, -0.15) is 0 Å². The van der Waals surface area contributed by atoms with E-state index in [1.54, 1.807) is 0 Å². The Morgan fingerprint density at radius 2 is 1.67 bits per heavy atom. The number of carbonyl (C=O) groups is 1. The third kappa shape index (κ3) is 3.68. The van der Waals surface area contributed by atoms with Crippen molar-refractivity contribution in [3.8, 4) is 0 Å². The SMILES string of the molecule is Cc1cccc(C)c1NC(=O)c1nnc(CCc2ccccc2)o1. The van der Waals surface area contributed by atoms with Gasteiger partial charge in [0.05, 0.1) is 0 Å². The first kappa shape index (κ1) is 15.9. The lowest BCUT2D eigenvalue weighted by Crippen LogP contribution is -2.14. The Balaban J connectivity index is 1.65. The van der Waals surface area contributed by atoms with Crippen molar-refractivity contribution in [3.63, 3.8) is 0 Å². The largest absolute Gasteiger partial charge is 0.417 e. The molecule has 0 radical (unpaired) electrons. The van der Waals surface area contributed by atoms with Gasteiger partial charge in [-0.3, -0.25) is 4.79 Å². The zero-order chi connectivity index (χ0) is 16.9. The van der Waals surface area contributed by atoms with Crippen LogP contribution in [0.15, 0.2) is 52.9 Å². The quantitative estimate of drug-likeness (QED) is 0.777. The van der Waals surface area contributed by atoms with E-state index in [2.05, 4.69) is 15.5 Å². The summed E-state index contributed by atoms with van der Waals surface area (Å²) in [6.45, 7) is 3.89. The second-order valence-corrected chi connectivity index (χ2v) is 5.71. The predicted molar refractivity (Wildman–Crippen MR) is 92.0 cm³/mol. The van der Waals surface area contributed by atoms with Crippen molar-refractivity contribution in [2.45, 2.75) is 26.7 Å². The highest BCUT2D eigenvalue weighted by molar-refractivity contribution is 6.01. The van der Waals surface area contributed by atoms with Crippen LogP contribution in [0.3, 0.4) is 0 Å². The smallest absolute Gasteiger partial charge is 0.313 e. The van der Waals surface area contributed by atoms with Crippen LogP contribution in [0.1, 0.15) is 33.3 Å². The van der Waals surface area contributed by atoms with Gasteiger partial charge in [-0.05, 0) is 37.0 Å². The minimum atomic E-state index is -0.383. The molecule has 1 aromatic heterocycles. The number of anilines is 1. The van der Waals surface area contributed by atoms with E-state index in [1.807, 2.05) is 62.4 Å². The minimum absolute atomic E-state index is 0.0132. The predicted octanol–water partition coefficient (Wildman–Crippen LogP) is 3.72. The molecule has 0 bridgehead atoms. The molecule has 0 fully saturated rings. The molecule has 1 heterocycles. The molecule has 0 atom stereocenters. The van der Waals surface area contributed by atoms with E-state index in [9.17, 15) is 4.79 Å². The van der Waals surface area contributed by atoms with Crippen molar-refractivity contribution in [1.29, 1.82) is 0 Å². The van der Waals surface area contributed by atoms with E-state index in [0.717, 1.165) is 23.2 Å². The average molecular weight is 321 g/mol. The summed E-state index contributed by atoms with van der Waals surface area (Å²) in [5.41, 5.74) is 3.96. The second kappa shape index (κ2) is 7.08. The van der Waals surface area contributed by atoms with Crippen molar-refractivity contribution in [3.05, 3.63) is 77.0 Å². The number of amides is 1. The fourth-order valence-corrected chi connectivity index (χ4v) is 2.52. The maximum Gasteiger partial charge on any atom is 0.313 e. The maximum atomic E-state index is 12.3. The molecular weight excluding hydrogens is 302 g/mol. The maximum absolute atomic E-state index is 12.3. The summed E-state index contributed by atoms with van der Waals surface area (Å²) in [7, 11) is 0. The van der Waals surface area contributed by atoms with Crippen LogP contribution in [0, 0.1) is 13.8 Å². The number of aryl methyl sites for hydroxylation is 4. The van der Waals surface area contributed by atoms with Gasteiger partial charge in [-0.1, -0.05) is 48.5 Å². The monoisotopic (exact) mass is 321 g/mol. The first-order chi connectivity index (χ1) is 11.6. The molecule has 0 aliphatic carbocycles. The van der Waals surface area contributed by atoms with Gasteiger partial charge in [0.25, 0.3) is 0 Å². The van der Waals surface area contributed by atoms with Crippen LogP contribution in [0.2, 0.25) is 0 Å². The standard InChI is InChI=1S/C19H19N3O2/c1-13-7-6-8-14(2)17(13)20-18(23)19-22-21-16(24-19)12-11-15-9-4-3-5-10-15/h3-10H,11-12H2,1-2H3,(H,20,23). The van der Waals surface area contributed by atoms with Crippen molar-refractivity contribution >= 4 is 11.6 Å². The molecule has 0 unspecified atom stereocenters. The summed E-state index contributed by atoms with van der Waals surface area (Å²) in [6, 6.07) is 15.9. The van der Waals surface area contributed by atoms with Crippen molar-refractivity contribution in [2.75, 3.05) is 5.32 Å². The summed E-state index contributed by atoms with van der Waals surface area (Å²) in [4.78, 5) is 12.3. The molecule has 24 heavy (non-hydrogen) atoms. The summed E-state index contributed by atoms with van der Waals surface area (Å²) in [5.74, 6) is 0.0667. The Hall–Kier alpha value is -2.95. The molecule has 1 N–H and O–H groups in total. The molecule has 3 aromatic rings. The van der Waals surface area contributed by atoms with Gasteiger partial charge in [-0.15, -0.1) is 10.2 Å². The molecule has 122 valence electrons. The highest BCUT2D eigenvalue weighted by Crippen LogP contribution is 2.20. The lowest BCUT2D eigenvalue weighted by Gasteiger charge is -2.09. The highest BCUT2D eigenvalue weighted by atomic mass is 16.4. The van der Waals surface area contributed by atoms with E-state index in [-0.39, 0.29) is 11.8 Å². The van der Waals surface area contributed by atoms with Crippen LogP contribution in [-0.4, -0.2) is 16.1 Å². The van der Waals surface area contributed by atoms with Crippen molar-refractivity contribution in [1.82, 2.24) is 10.2 Å². The van der Waals surface area contributed by atoms with Crippen LogP contribution in [0.4, 0.5) is 5.69 Å².